The molecule has 0 saturated heterocycles. The zero-order chi connectivity index (χ0) is 8.53. The van der Waals surface area contributed by atoms with E-state index < -0.39 is 0 Å². The lowest BCUT2D eigenvalue weighted by atomic mass is 10.2. The van der Waals surface area contributed by atoms with Crippen LogP contribution in [-0.4, -0.2) is 29.0 Å². The van der Waals surface area contributed by atoms with Crippen LogP contribution in [0.3, 0.4) is 0 Å². The van der Waals surface area contributed by atoms with Gasteiger partial charge in [-0.05, 0) is 36.9 Å². The van der Waals surface area contributed by atoms with Gasteiger partial charge in [0.25, 0.3) is 0 Å². The molecule has 0 N–H and O–H groups in total. The summed E-state index contributed by atoms with van der Waals surface area (Å²) >= 11 is 2.45. The van der Waals surface area contributed by atoms with E-state index in [1.54, 1.807) is 0 Å². The summed E-state index contributed by atoms with van der Waals surface area (Å²) in [6.07, 6.45) is 4.17. The minimum Gasteiger partial charge on any atom is -0.304 e. The molecule has 0 heterocycles. The number of hydrogen-bond acceptors (Lipinski definition) is 1. The standard InChI is InChI=1S/C9H20IN/c1-3-11(4-2)9-7-5-6-8-10/h3-9H2,1-2H3. The smallest absolute Gasteiger partial charge is 0.000472 e. The van der Waals surface area contributed by atoms with Crippen molar-refractivity contribution in [1.29, 1.82) is 0 Å². The highest BCUT2D eigenvalue weighted by atomic mass is 127. The molecule has 0 aliphatic rings. The van der Waals surface area contributed by atoms with E-state index in [-0.39, 0.29) is 0 Å². The number of hydrogen-bond donors (Lipinski definition) is 0. The Hall–Kier alpha value is 0.690. The molecule has 0 unspecified atom stereocenters. The predicted molar refractivity (Wildman–Crippen MR) is 60.5 cm³/mol. The largest absolute Gasteiger partial charge is 0.304 e. The summed E-state index contributed by atoms with van der Waals surface area (Å²) in [5, 5.41) is 0. The van der Waals surface area contributed by atoms with Crippen LogP contribution in [0.4, 0.5) is 0 Å². The fourth-order valence-electron chi connectivity index (χ4n) is 1.15. The molecule has 0 radical (unpaired) electrons. The summed E-state index contributed by atoms with van der Waals surface area (Å²) in [4.78, 5) is 2.49. The number of rotatable bonds is 7. The number of halogens is 1. The van der Waals surface area contributed by atoms with Gasteiger partial charge in [0.15, 0.2) is 0 Å². The SMILES string of the molecule is CCN(CC)CCCCCI. The zero-order valence-corrected chi connectivity index (χ0v) is 9.93. The van der Waals surface area contributed by atoms with E-state index in [0.29, 0.717) is 0 Å². The molecule has 0 atom stereocenters. The van der Waals surface area contributed by atoms with E-state index in [0.717, 1.165) is 0 Å². The van der Waals surface area contributed by atoms with E-state index in [1.165, 1.54) is 43.3 Å². The third-order valence-electron chi connectivity index (χ3n) is 2.00. The monoisotopic (exact) mass is 269 g/mol. The van der Waals surface area contributed by atoms with E-state index in [2.05, 4.69) is 41.3 Å². The van der Waals surface area contributed by atoms with Crippen LogP contribution in [0.15, 0.2) is 0 Å². The highest BCUT2D eigenvalue weighted by molar-refractivity contribution is 14.1. The van der Waals surface area contributed by atoms with Gasteiger partial charge >= 0.3 is 0 Å². The van der Waals surface area contributed by atoms with Gasteiger partial charge in [0.1, 0.15) is 0 Å². The fraction of sp³-hybridized carbons (Fsp3) is 1.00. The Morgan fingerprint density at radius 3 is 2.09 bits per heavy atom. The summed E-state index contributed by atoms with van der Waals surface area (Å²) in [7, 11) is 0. The van der Waals surface area contributed by atoms with Gasteiger partial charge in [-0.2, -0.15) is 0 Å². The second kappa shape index (κ2) is 8.78. The average Bonchev–Trinajstić information content (AvgIpc) is 2.05. The van der Waals surface area contributed by atoms with Crippen LogP contribution in [0, 0.1) is 0 Å². The number of unbranched alkanes of at least 4 members (excludes halogenated alkanes) is 2. The maximum absolute atomic E-state index is 2.49. The van der Waals surface area contributed by atoms with Gasteiger partial charge in [0.2, 0.25) is 0 Å². The Kier molecular flexibility index (Phi) is 9.33. The summed E-state index contributed by atoms with van der Waals surface area (Å²) in [5.74, 6) is 0. The van der Waals surface area contributed by atoms with Crippen molar-refractivity contribution in [3.8, 4) is 0 Å². The molecule has 1 nitrogen and oxygen atoms in total. The number of alkyl halides is 1. The van der Waals surface area contributed by atoms with Gasteiger partial charge in [0.05, 0.1) is 0 Å². The fourth-order valence-corrected chi connectivity index (χ4v) is 1.69. The second-order valence-corrected chi connectivity index (χ2v) is 3.86. The Labute approximate surface area is 84.7 Å². The first-order chi connectivity index (χ1) is 5.35. The quantitative estimate of drug-likeness (QED) is 0.390. The molecule has 0 bridgehead atoms. The molecule has 0 amide bonds. The molecule has 11 heavy (non-hydrogen) atoms. The maximum atomic E-state index is 2.49. The molecule has 2 heteroatoms. The van der Waals surface area contributed by atoms with Crippen molar-refractivity contribution in [3.05, 3.63) is 0 Å². The molecule has 0 fully saturated rings. The lowest BCUT2D eigenvalue weighted by Gasteiger charge is -2.17. The van der Waals surface area contributed by atoms with Gasteiger partial charge in [0, 0.05) is 0 Å². The van der Waals surface area contributed by atoms with Gasteiger partial charge in [-0.1, -0.05) is 42.9 Å². The average molecular weight is 269 g/mol. The third-order valence-corrected chi connectivity index (χ3v) is 2.77. The van der Waals surface area contributed by atoms with Gasteiger partial charge < -0.3 is 4.90 Å². The van der Waals surface area contributed by atoms with E-state index in [9.17, 15) is 0 Å². The predicted octanol–water partition coefficient (Wildman–Crippen LogP) is 2.93. The molecule has 0 aromatic carbocycles. The van der Waals surface area contributed by atoms with Gasteiger partial charge in [-0.25, -0.2) is 0 Å². The lowest BCUT2D eigenvalue weighted by Crippen LogP contribution is -2.23. The normalized spacial score (nSPS) is 10.9. The Balaban J connectivity index is 3.07. The first-order valence-electron chi connectivity index (χ1n) is 4.63. The third kappa shape index (κ3) is 7.06. The molecule has 0 aromatic rings. The van der Waals surface area contributed by atoms with Crippen molar-refractivity contribution in [3.63, 3.8) is 0 Å². The first-order valence-corrected chi connectivity index (χ1v) is 6.16. The molecular weight excluding hydrogens is 249 g/mol. The van der Waals surface area contributed by atoms with Crippen molar-refractivity contribution in [2.75, 3.05) is 24.1 Å². The molecular formula is C9H20IN. The highest BCUT2D eigenvalue weighted by Gasteiger charge is 1.96. The summed E-state index contributed by atoms with van der Waals surface area (Å²) in [6.45, 7) is 8.19. The van der Waals surface area contributed by atoms with Crippen LogP contribution in [0.5, 0.6) is 0 Å². The van der Waals surface area contributed by atoms with E-state index in [4.69, 9.17) is 0 Å². The zero-order valence-electron chi connectivity index (χ0n) is 7.77. The first kappa shape index (κ1) is 11.7. The van der Waals surface area contributed by atoms with Crippen LogP contribution in [0.25, 0.3) is 0 Å². The molecule has 0 saturated carbocycles. The molecule has 0 aliphatic heterocycles. The molecule has 0 rings (SSSR count). The summed E-state index contributed by atoms with van der Waals surface area (Å²) in [6, 6.07) is 0. The topological polar surface area (TPSA) is 3.24 Å². The van der Waals surface area contributed by atoms with Gasteiger partial charge in [-0.15, -0.1) is 0 Å². The van der Waals surface area contributed by atoms with E-state index >= 15 is 0 Å². The Morgan fingerprint density at radius 2 is 1.64 bits per heavy atom. The van der Waals surface area contributed by atoms with Crippen molar-refractivity contribution in [2.24, 2.45) is 0 Å². The van der Waals surface area contributed by atoms with Crippen molar-refractivity contribution in [1.82, 2.24) is 4.90 Å². The van der Waals surface area contributed by atoms with Crippen LogP contribution in [0.2, 0.25) is 0 Å². The van der Waals surface area contributed by atoms with Crippen molar-refractivity contribution in [2.45, 2.75) is 33.1 Å². The molecule has 68 valence electrons. The minimum atomic E-state index is 1.21. The lowest BCUT2D eigenvalue weighted by molar-refractivity contribution is 0.297. The molecule has 0 aromatic heterocycles. The van der Waals surface area contributed by atoms with Crippen molar-refractivity contribution >= 4 is 22.6 Å². The second-order valence-electron chi connectivity index (χ2n) is 2.78. The van der Waals surface area contributed by atoms with Crippen LogP contribution in [-0.2, 0) is 0 Å². The maximum Gasteiger partial charge on any atom is -0.000472 e. The Morgan fingerprint density at radius 1 is 1.00 bits per heavy atom. The minimum absolute atomic E-state index is 1.21. The van der Waals surface area contributed by atoms with Crippen LogP contribution in [0.1, 0.15) is 33.1 Å². The van der Waals surface area contributed by atoms with E-state index in [1.807, 2.05) is 0 Å². The summed E-state index contributed by atoms with van der Waals surface area (Å²) < 4.78 is 1.32. The van der Waals surface area contributed by atoms with Crippen LogP contribution >= 0.6 is 22.6 Å². The van der Waals surface area contributed by atoms with Crippen molar-refractivity contribution < 1.29 is 0 Å². The number of nitrogens with zero attached hydrogens (tertiary/aromatic N) is 1. The molecule has 0 aliphatic carbocycles. The highest BCUT2D eigenvalue weighted by Crippen LogP contribution is 2.00. The molecule has 0 spiro atoms. The van der Waals surface area contributed by atoms with Crippen LogP contribution < -0.4 is 0 Å². The van der Waals surface area contributed by atoms with Gasteiger partial charge in [-0.3, -0.25) is 0 Å². The Bertz CT molecular complexity index is 72.0. The summed E-state index contributed by atoms with van der Waals surface area (Å²) in [5.41, 5.74) is 0.